The highest BCUT2D eigenvalue weighted by atomic mass is 16.3. The smallest absolute Gasteiger partial charge is 0.315 e. The van der Waals surface area contributed by atoms with E-state index in [0.717, 1.165) is 13.1 Å². The Hall–Kier alpha value is -2.15. The van der Waals surface area contributed by atoms with Gasteiger partial charge in [0.2, 0.25) is 5.91 Å². The van der Waals surface area contributed by atoms with Gasteiger partial charge < -0.3 is 15.1 Å². The maximum absolute atomic E-state index is 11.8. The van der Waals surface area contributed by atoms with Crippen molar-refractivity contribution in [2.45, 2.75) is 19.4 Å². The van der Waals surface area contributed by atoms with Gasteiger partial charge in [-0.3, -0.25) is 19.7 Å². The standard InChI is InChI=1S/C13H17N3O4/c17-11(9-3-5-14-6-4-9)16-13(19)12(18)15-8-10-2-1-7-20-10/h1-2,7,9,14H,3-6,8H2,(H,15,18)(H,16,17,19). The fourth-order valence-electron chi connectivity index (χ4n) is 2.02. The fourth-order valence-corrected chi connectivity index (χ4v) is 2.02. The first-order chi connectivity index (χ1) is 9.66. The second kappa shape index (κ2) is 6.85. The Kier molecular flexibility index (Phi) is 4.89. The van der Waals surface area contributed by atoms with E-state index >= 15 is 0 Å². The van der Waals surface area contributed by atoms with E-state index in [1.54, 1.807) is 12.1 Å². The van der Waals surface area contributed by atoms with Gasteiger partial charge in [-0.15, -0.1) is 0 Å². The van der Waals surface area contributed by atoms with Crippen LogP contribution in [0, 0.1) is 5.92 Å². The van der Waals surface area contributed by atoms with Gasteiger partial charge in [-0.2, -0.15) is 0 Å². The third-order valence-electron chi connectivity index (χ3n) is 3.16. The molecule has 0 unspecified atom stereocenters. The number of hydrogen-bond acceptors (Lipinski definition) is 5. The average molecular weight is 279 g/mol. The van der Waals surface area contributed by atoms with Crippen LogP contribution in [0.25, 0.3) is 0 Å². The van der Waals surface area contributed by atoms with Gasteiger partial charge in [-0.05, 0) is 38.1 Å². The van der Waals surface area contributed by atoms with Gasteiger partial charge in [0, 0.05) is 5.92 Å². The predicted octanol–water partition coefficient (Wildman–Crippen LogP) is -0.462. The van der Waals surface area contributed by atoms with Crippen molar-refractivity contribution in [3.05, 3.63) is 24.2 Å². The van der Waals surface area contributed by atoms with Crippen LogP contribution in [-0.2, 0) is 20.9 Å². The third-order valence-corrected chi connectivity index (χ3v) is 3.16. The molecule has 0 saturated carbocycles. The Morgan fingerprint density at radius 3 is 2.65 bits per heavy atom. The van der Waals surface area contributed by atoms with Gasteiger partial charge in [-0.25, -0.2) is 0 Å². The van der Waals surface area contributed by atoms with E-state index in [2.05, 4.69) is 16.0 Å². The topological polar surface area (TPSA) is 100 Å². The quantitative estimate of drug-likeness (QED) is 0.650. The monoisotopic (exact) mass is 279 g/mol. The van der Waals surface area contributed by atoms with Crippen LogP contribution < -0.4 is 16.0 Å². The first kappa shape index (κ1) is 14.3. The molecule has 2 rings (SSSR count). The molecule has 0 aliphatic carbocycles. The van der Waals surface area contributed by atoms with E-state index in [-0.39, 0.29) is 18.4 Å². The zero-order chi connectivity index (χ0) is 14.4. The van der Waals surface area contributed by atoms with E-state index in [1.165, 1.54) is 6.26 Å². The molecule has 1 saturated heterocycles. The summed E-state index contributed by atoms with van der Waals surface area (Å²) in [6.07, 6.45) is 2.82. The summed E-state index contributed by atoms with van der Waals surface area (Å²) in [5, 5.41) is 7.64. The van der Waals surface area contributed by atoms with Crippen LogP contribution in [0.5, 0.6) is 0 Å². The van der Waals surface area contributed by atoms with E-state index in [0.29, 0.717) is 18.6 Å². The number of rotatable bonds is 3. The highest BCUT2D eigenvalue weighted by Gasteiger charge is 2.24. The number of furan rings is 1. The highest BCUT2D eigenvalue weighted by Crippen LogP contribution is 2.11. The number of hydrogen-bond donors (Lipinski definition) is 3. The highest BCUT2D eigenvalue weighted by molar-refractivity contribution is 6.37. The molecule has 0 bridgehead atoms. The van der Waals surface area contributed by atoms with Crippen LogP contribution in [0.2, 0.25) is 0 Å². The van der Waals surface area contributed by atoms with Crippen molar-refractivity contribution >= 4 is 17.7 Å². The molecule has 1 fully saturated rings. The van der Waals surface area contributed by atoms with Crippen LogP contribution in [0.15, 0.2) is 22.8 Å². The minimum absolute atomic E-state index is 0.112. The molecular weight excluding hydrogens is 262 g/mol. The normalized spacial score (nSPS) is 15.6. The Labute approximate surface area is 116 Å². The molecule has 2 heterocycles. The Morgan fingerprint density at radius 2 is 2.00 bits per heavy atom. The first-order valence-corrected chi connectivity index (χ1v) is 6.53. The summed E-state index contributed by atoms with van der Waals surface area (Å²) in [6, 6.07) is 3.36. The summed E-state index contributed by atoms with van der Waals surface area (Å²) in [7, 11) is 0. The number of amides is 3. The maximum atomic E-state index is 11.8. The molecule has 7 heteroatoms. The zero-order valence-electron chi connectivity index (χ0n) is 11.0. The van der Waals surface area contributed by atoms with Crippen molar-refractivity contribution in [1.82, 2.24) is 16.0 Å². The molecule has 0 spiro atoms. The Morgan fingerprint density at radius 1 is 1.25 bits per heavy atom. The molecule has 1 aliphatic rings. The lowest BCUT2D eigenvalue weighted by Gasteiger charge is -2.21. The molecule has 0 aromatic carbocycles. The molecule has 0 atom stereocenters. The molecule has 1 aromatic rings. The number of imide groups is 1. The summed E-state index contributed by atoms with van der Waals surface area (Å²) in [5.41, 5.74) is 0. The van der Waals surface area contributed by atoms with Gasteiger partial charge in [0.25, 0.3) is 0 Å². The molecule has 1 aliphatic heterocycles. The van der Waals surface area contributed by atoms with E-state index < -0.39 is 11.8 Å². The van der Waals surface area contributed by atoms with Gasteiger partial charge in [-0.1, -0.05) is 0 Å². The Balaban J connectivity index is 1.75. The van der Waals surface area contributed by atoms with Gasteiger partial charge in [0.1, 0.15) is 5.76 Å². The van der Waals surface area contributed by atoms with E-state index in [4.69, 9.17) is 4.42 Å². The zero-order valence-corrected chi connectivity index (χ0v) is 11.0. The summed E-state index contributed by atoms with van der Waals surface area (Å²) < 4.78 is 5.02. The van der Waals surface area contributed by atoms with Gasteiger partial charge in [0.05, 0.1) is 12.8 Å². The second-order valence-corrected chi connectivity index (χ2v) is 4.60. The van der Waals surface area contributed by atoms with Crippen LogP contribution in [0.3, 0.4) is 0 Å². The lowest BCUT2D eigenvalue weighted by Crippen LogP contribution is -2.46. The molecule has 108 valence electrons. The molecule has 7 nitrogen and oxygen atoms in total. The fraction of sp³-hybridized carbons (Fsp3) is 0.462. The van der Waals surface area contributed by atoms with Crippen molar-refractivity contribution in [2.75, 3.05) is 13.1 Å². The number of nitrogens with one attached hydrogen (secondary N) is 3. The predicted molar refractivity (Wildman–Crippen MR) is 69.3 cm³/mol. The molecule has 0 radical (unpaired) electrons. The van der Waals surface area contributed by atoms with Crippen molar-refractivity contribution in [3.8, 4) is 0 Å². The third kappa shape index (κ3) is 3.92. The van der Waals surface area contributed by atoms with Gasteiger partial charge >= 0.3 is 11.8 Å². The molecule has 1 aromatic heterocycles. The minimum atomic E-state index is -0.930. The summed E-state index contributed by atoms with van der Waals surface area (Å²) >= 11 is 0. The molecule has 3 amide bonds. The number of carbonyl (C=O) groups excluding carboxylic acids is 3. The second-order valence-electron chi connectivity index (χ2n) is 4.60. The van der Waals surface area contributed by atoms with Crippen LogP contribution in [0.4, 0.5) is 0 Å². The SMILES string of the molecule is O=C(NCc1ccco1)C(=O)NC(=O)C1CCNCC1. The largest absolute Gasteiger partial charge is 0.467 e. The minimum Gasteiger partial charge on any atom is -0.467 e. The molecular formula is C13H17N3O4. The first-order valence-electron chi connectivity index (χ1n) is 6.53. The van der Waals surface area contributed by atoms with Gasteiger partial charge in [0.15, 0.2) is 0 Å². The molecule has 3 N–H and O–H groups in total. The summed E-state index contributed by atoms with van der Waals surface area (Å²) in [6.45, 7) is 1.61. The lowest BCUT2D eigenvalue weighted by atomic mass is 9.97. The summed E-state index contributed by atoms with van der Waals surface area (Å²) in [5.74, 6) is -1.83. The van der Waals surface area contributed by atoms with Crippen molar-refractivity contribution in [3.63, 3.8) is 0 Å². The van der Waals surface area contributed by atoms with Crippen LogP contribution >= 0.6 is 0 Å². The van der Waals surface area contributed by atoms with Crippen molar-refractivity contribution in [2.24, 2.45) is 5.92 Å². The van der Waals surface area contributed by atoms with Crippen molar-refractivity contribution in [1.29, 1.82) is 0 Å². The van der Waals surface area contributed by atoms with Crippen LogP contribution in [0.1, 0.15) is 18.6 Å². The van der Waals surface area contributed by atoms with E-state index in [9.17, 15) is 14.4 Å². The van der Waals surface area contributed by atoms with Crippen molar-refractivity contribution < 1.29 is 18.8 Å². The molecule has 20 heavy (non-hydrogen) atoms. The van der Waals surface area contributed by atoms with E-state index in [1.807, 2.05) is 0 Å². The maximum Gasteiger partial charge on any atom is 0.315 e. The number of piperidine rings is 1. The Bertz CT molecular complexity index is 478. The number of carbonyl (C=O) groups is 3. The summed E-state index contributed by atoms with van der Waals surface area (Å²) in [4.78, 5) is 34.9. The van der Waals surface area contributed by atoms with Crippen LogP contribution in [-0.4, -0.2) is 30.8 Å². The average Bonchev–Trinajstić information content (AvgIpc) is 2.98. The lowest BCUT2D eigenvalue weighted by molar-refractivity contribution is -0.143.